The first kappa shape index (κ1) is 16.7. The zero-order valence-electron chi connectivity index (χ0n) is 12.9. The van der Waals surface area contributed by atoms with E-state index in [2.05, 4.69) is 20.7 Å². The number of oxime groups is 1. The number of nitrogens with one attached hydrogen (secondary N) is 1. The van der Waals surface area contributed by atoms with Gasteiger partial charge < -0.3 is 9.57 Å². The van der Waals surface area contributed by atoms with E-state index in [1.807, 2.05) is 19.1 Å². The van der Waals surface area contributed by atoms with E-state index in [0.29, 0.717) is 35.4 Å². The van der Waals surface area contributed by atoms with Gasteiger partial charge in [-0.15, -0.1) is 10.2 Å². The van der Waals surface area contributed by atoms with Crippen molar-refractivity contribution in [2.45, 2.75) is 25.9 Å². The lowest BCUT2D eigenvalue weighted by Gasteiger charge is -2.06. The largest absolute Gasteiger partial charge is 0.492 e. The fourth-order valence-corrected chi connectivity index (χ4v) is 2.95. The monoisotopic (exact) mass is 366 g/mol. The summed E-state index contributed by atoms with van der Waals surface area (Å²) in [5.74, 6) is 0.358. The van der Waals surface area contributed by atoms with Gasteiger partial charge in [0.25, 0.3) is 5.91 Å². The van der Waals surface area contributed by atoms with Crippen LogP contribution in [0.1, 0.15) is 18.4 Å². The van der Waals surface area contributed by atoms with Gasteiger partial charge in [-0.25, -0.2) is 0 Å². The van der Waals surface area contributed by atoms with E-state index in [0.717, 1.165) is 10.7 Å². The van der Waals surface area contributed by atoms with Crippen LogP contribution in [0.5, 0.6) is 5.75 Å². The second-order valence-corrected chi connectivity index (χ2v) is 6.61. The Kier molecular flexibility index (Phi) is 5.27. The number of hydrogen-bond donors (Lipinski definition) is 1. The van der Waals surface area contributed by atoms with Gasteiger partial charge in [-0.3, -0.25) is 10.1 Å². The molecule has 0 saturated heterocycles. The molecule has 0 radical (unpaired) electrons. The molecule has 1 aliphatic heterocycles. The molecule has 2 heterocycles. The molecule has 1 aromatic carbocycles. The second-order valence-electron chi connectivity index (χ2n) is 5.14. The van der Waals surface area contributed by atoms with Crippen molar-refractivity contribution in [1.82, 2.24) is 10.2 Å². The molecular weight excluding hydrogens is 352 g/mol. The van der Waals surface area contributed by atoms with Crippen molar-refractivity contribution in [3.63, 3.8) is 0 Å². The molecule has 2 aromatic rings. The number of anilines is 1. The maximum atomic E-state index is 12.0. The SMILES string of the molecule is CC1=NO[C@H](C(=O)Nc2nnc(CCOc3ccccc3Cl)s2)C1. The number of benzene rings is 1. The minimum atomic E-state index is -0.596. The van der Waals surface area contributed by atoms with Gasteiger partial charge in [0.1, 0.15) is 10.8 Å². The van der Waals surface area contributed by atoms with Crippen molar-refractivity contribution in [3.8, 4) is 5.75 Å². The van der Waals surface area contributed by atoms with Gasteiger partial charge in [0.2, 0.25) is 11.2 Å². The van der Waals surface area contributed by atoms with E-state index in [4.69, 9.17) is 21.2 Å². The van der Waals surface area contributed by atoms with Crippen LogP contribution >= 0.6 is 22.9 Å². The Balaban J connectivity index is 1.47. The number of carbonyl (C=O) groups excluding carboxylic acids is 1. The van der Waals surface area contributed by atoms with E-state index in [1.54, 1.807) is 12.1 Å². The summed E-state index contributed by atoms with van der Waals surface area (Å²) in [6.07, 6.45) is 0.463. The van der Waals surface area contributed by atoms with Crippen molar-refractivity contribution in [2.75, 3.05) is 11.9 Å². The van der Waals surface area contributed by atoms with Gasteiger partial charge in [0.15, 0.2) is 0 Å². The Morgan fingerprint density at radius 1 is 1.46 bits per heavy atom. The third-order valence-corrected chi connectivity index (χ3v) is 4.43. The molecule has 7 nitrogen and oxygen atoms in total. The Bertz CT molecular complexity index is 765. The van der Waals surface area contributed by atoms with Crippen LogP contribution in [-0.2, 0) is 16.1 Å². The van der Waals surface area contributed by atoms with Gasteiger partial charge in [-0.05, 0) is 19.1 Å². The maximum absolute atomic E-state index is 12.0. The molecule has 0 aliphatic carbocycles. The third kappa shape index (κ3) is 4.21. The van der Waals surface area contributed by atoms with Crippen LogP contribution < -0.4 is 10.1 Å². The molecule has 1 N–H and O–H groups in total. The van der Waals surface area contributed by atoms with Crippen molar-refractivity contribution in [2.24, 2.45) is 5.16 Å². The van der Waals surface area contributed by atoms with Crippen LogP contribution in [0, 0.1) is 0 Å². The van der Waals surface area contributed by atoms with Crippen molar-refractivity contribution in [3.05, 3.63) is 34.3 Å². The lowest BCUT2D eigenvalue weighted by molar-refractivity contribution is -0.125. The molecule has 0 unspecified atom stereocenters. The fraction of sp³-hybridized carbons (Fsp3) is 0.333. The van der Waals surface area contributed by atoms with Crippen molar-refractivity contribution in [1.29, 1.82) is 0 Å². The quantitative estimate of drug-likeness (QED) is 0.849. The molecule has 0 saturated carbocycles. The molecule has 1 amide bonds. The van der Waals surface area contributed by atoms with Gasteiger partial charge in [0, 0.05) is 12.8 Å². The molecule has 24 heavy (non-hydrogen) atoms. The number of nitrogens with zero attached hydrogens (tertiary/aromatic N) is 3. The highest BCUT2D eigenvalue weighted by atomic mass is 35.5. The summed E-state index contributed by atoms with van der Waals surface area (Å²) < 4.78 is 5.61. The summed E-state index contributed by atoms with van der Waals surface area (Å²) in [7, 11) is 0. The van der Waals surface area contributed by atoms with Crippen LogP contribution in [0.25, 0.3) is 0 Å². The first-order chi connectivity index (χ1) is 11.6. The minimum Gasteiger partial charge on any atom is -0.492 e. The zero-order valence-corrected chi connectivity index (χ0v) is 14.4. The number of para-hydroxylation sites is 1. The predicted molar refractivity (Wildman–Crippen MR) is 91.8 cm³/mol. The van der Waals surface area contributed by atoms with Crippen LogP contribution in [0.15, 0.2) is 29.4 Å². The average molecular weight is 367 g/mol. The van der Waals surface area contributed by atoms with E-state index < -0.39 is 6.10 Å². The van der Waals surface area contributed by atoms with Gasteiger partial charge >= 0.3 is 0 Å². The second kappa shape index (κ2) is 7.59. The highest BCUT2D eigenvalue weighted by molar-refractivity contribution is 7.15. The minimum absolute atomic E-state index is 0.273. The summed E-state index contributed by atoms with van der Waals surface area (Å²) >= 11 is 7.32. The smallest absolute Gasteiger partial charge is 0.270 e. The summed E-state index contributed by atoms with van der Waals surface area (Å²) in [5.41, 5.74) is 0.796. The highest BCUT2D eigenvalue weighted by Gasteiger charge is 2.26. The van der Waals surface area contributed by atoms with Crippen molar-refractivity contribution >= 4 is 39.7 Å². The number of carbonyl (C=O) groups is 1. The molecular formula is C15H15ClN4O3S. The molecule has 0 fully saturated rings. The molecule has 1 atom stereocenters. The zero-order chi connectivity index (χ0) is 16.9. The highest BCUT2D eigenvalue weighted by Crippen LogP contribution is 2.24. The summed E-state index contributed by atoms with van der Waals surface area (Å²) in [5, 5.41) is 16.2. The maximum Gasteiger partial charge on any atom is 0.270 e. The summed E-state index contributed by atoms with van der Waals surface area (Å²) in [6, 6.07) is 7.28. The number of hydrogen-bond acceptors (Lipinski definition) is 7. The van der Waals surface area contributed by atoms with Gasteiger partial charge in [0.05, 0.1) is 17.3 Å². The van der Waals surface area contributed by atoms with E-state index in [1.165, 1.54) is 11.3 Å². The first-order valence-corrected chi connectivity index (χ1v) is 8.51. The van der Waals surface area contributed by atoms with E-state index >= 15 is 0 Å². The summed E-state index contributed by atoms with van der Waals surface area (Å²) in [4.78, 5) is 17.0. The Hall–Kier alpha value is -2.19. The van der Waals surface area contributed by atoms with Crippen LogP contribution in [0.3, 0.4) is 0 Å². The topological polar surface area (TPSA) is 85.7 Å². The van der Waals surface area contributed by atoms with Crippen LogP contribution in [0.2, 0.25) is 5.02 Å². The number of rotatable bonds is 6. The molecule has 3 rings (SSSR count). The molecule has 0 bridgehead atoms. The number of amides is 1. The standard InChI is InChI=1S/C15H15ClN4O3S/c1-9-8-12(23-20-9)14(21)17-15-19-18-13(24-15)6-7-22-11-5-3-2-4-10(11)16/h2-5,12H,6-8H2,1H3,(H,17,19,21)/t12-/m0/s1. The molecule has 126 valence electrons. The van der Waals surface area contributed by atoms with E-state index in [9.17, 15) is 4.79 Å². The molecule has 9 heteroatoms. The van der Waals surface area contributed by atoms with E-state index in [-0.39, 0.29) is 5.91 Å². The van der Waals surface area contributed by atoms with Crippen LogP contribution in [-0.4, -0.2) is 34.5 Å². The van der Waals surface area contributed by atoms with Crippen molar-refractivity contribution < 1.29 is 14.4 Å². The van der Waals surface area contributed by atoms with Crippen LogP contribution in [0.4, 0.5) is 5.13 Å². The molecule has 0 spiro atoms. The molecule has 1 aromatic heterocycles. The lowest BCUT2D eigenvalue weighted by atomic mass is 10.2. The summed E-state index contributed by atoms with van der Waals surface area (Å²) in [6.45, 7) is 2.24. The molecule has 1 aliphatic rings. The normalized spacial score (nSPS) is 16.4. The first-order valence-electron chi connectivity index (χ1n) is 7.31. The fourth-order valence-electron chi connectivity index (χ4n) is 2.04. The average Bonchev–Trinajstić information content (AvgIpc) is 3.18. The Morgan fingerprint density at radius 3 is 3.04 bits per heavy atom. The van der Waals surface area contributed by atoms with Gasteiger partial charge in [-0.2, -0.15) is 0 Å². The Labute approximate surface area is 147 Å². The number of halogens is 1. The third-order valence-electron chi connectivity index (χ3n) is 3.22. The number of aromatic nitrogens is 2. The predicted octanol–water partition coefficient (Wildman–Crippen LogP) is 2.92. The Morgan fingerprint density at radius 2 is 2.29 bits per heavy atom. The number of ether oxygens (including phenoxy) is 1. The lowest BCUT2D eigenvalue weighted by Crippen LogP contribution is -2.27. The van der Waals surface area contributed by atoms with Gasteiger partial charge in [-0.1, -0.05) is 40.2 Å².